The Bertz CT molecular complexity index is 1180. The first kappa shape index (κ1) is 20.6. The van der Waals surface area contributed by atoms with Gasteiger partial charge in [0.2, 0.25) is 5.91 Å². The molecule has 0 aliphatic carbocycles. The lowest BCUT2D eigenvalue weighted by molar-refractivity contribution is -0.116. The minimum atomic E-state index is -0.521. The summed E-state index contributed by atoms with van der Waals surface area (Å²) in [6.45, 7) is 5.92. The lowest BCUT2D eigenvalue weighted by atomic mass is 9.99. The van der Waals surface area contributed by atoms with Gasteiger partial charge in [0.25, 0.3) is 0 Å². The number of carbonyl (C=O) groups excluding carboxylic acids is 3. The van der Waals surface area contributed by atoms with Gasteiger partial charge in [0, 0.05) is 29.2 Å². The van der Waals surface area contributed by atoms with Crippen molar-refractivity contribution in [3.05, 3.63) is 88.2 Å². The van der Waals surface area contributed by atoms with Gasteiger partial charge in [-0.1, -0.05) is 30.3 Å². The first-order chi connectivity index (χ1) is 14.8. The normalized spacial score (nSPS) is 14.8. The third kappa shape index (κ3) is 4.01. The minimum Gasteiger partial charge on any atom is -0.454 e. The number of aryl methyl sites for hydroxylation is 1. The summed E-state index contributed by atoms with van der Waals surface area (Å²) in [6.07, 6.45) is 0. The molecule has 1 amide bonds. The molecule has 1 N–H and O–H groups in total. The minimum absolute atomic E-state index is 0.0862. The van der Waals surface area contributed by atoms with Gasteiger partial charge in [-0.2, -0.15) is 0 Å². The maximum atomic E-state index is 12.7. The Kier molecular flexibility index (Phi) is 5.46. The van der Waals surface area contributed by atoms with Gasteiger partial charge in [-0.25, -0.2) is 4.79 Å². The molecule has 0 radical (unpaired) electrons. The molecule has 1 aromatic heterocycles. The van der Waals surface area contributed by atoms with Crippen LogP contribution in [0.3, 0.4) is 0 Å². The topological polar surface area (TPSA) is 77.4 Å². The van der Waals surface area contributed by atoms with E-state index in [2.05, 4.69) is 9.88 Å². The third-order valence-corrected chi connectivity index (χ3v) is 5.80. The van der Waals surface area contributed by atoms with Crippen LogP contribution in [-0.4, -0.2) is 28.8 Å². The molecule has 0 saturated carbocycles. The van der Waals surface area contributed by atoms with E-state index < -0.39 is 5.97 Å². The van der Waals surface area contributed by atoms with Gasteiger partial charge in [0.15, 0.2) is 12.4 Å². The number of hydrogen-bond donors (Lipinski definition) is 1. The Morgan fingerprint density at radius 3 is 2.55 bits per heavy atom. The molecule has 0 saturated heterocycles. The Morgan fingerprint density at radius 1 is 1.06 bits per heavy atom. The molecular weight excluding hydrogens is 392 g/mol. The number of ketones is 1. The number of rotatable bonds is 6. The van der Waals surface area contributed by atoms with Crippen LogP contribution < -0.4 is 5.32 Å². The summed E-state index contributed by atoms with van der Waals surface area (Å²) < 4.78 is 7.38. The molecule has 3 aromatic rings. The average Bonchev–Trinajstić information content (AvgIpc) is 3.22. The van der Waals surface area contributed by atoms with Crippen LogP contribution in [0.1, 0.15) is 56.1 Å². The van der Waals surface area contributed by atoms with Crippen LogP contribution in [0.25, 0.3) is 0 Å². The molecule has 0 spiro atoms. The number of Topliss-reactive ketones (excluding diaryl/α,β-unsaturated/α-hetero) is 1. The highest BCUT2D eigenvalue weighted by Crippen LogP contribution is 2.32. The number of nitrogens with zero attached hydrogens (tertiary/aromatic N) is 1. The molecule has 0 bridgehead atoms. The van der Waals surface area contributed by atoms with E-state index in [0.717, 1.165) is 28.2 Å². The van der Waals surface area contributed by atoms with Gasteiger partial charge in [-0.15, -0.1) is 0 Å². The number of anilines is 1. The highest BCUT2D eigenvalue weighted by Gasteiger charge is 2.27. The fraction of sp³-hybridized carbons (Fsp3) is 0.240. The predicted octanol–water partition coefficient (Wildman–Crippen LogP) is 4.25. The maximum Gasteiger partial charge on any atom is 0.340 e. The number of aromatic nitrogens is 1. The van der Waals surface area contributed by atoms with E-state index in [-0.39, 0.29) is 24.2 Å². The summed E-state index contributed by atoms with van der Waals surface area (Å²) in [4.78, 5) is 37.0. The van der Waals surface area contributed by atoms with Crippen LogP contribution in [-0.2, 0) is 16.1 Å². The molecule has 158 valence electrons. The highest BCUT2D eigenvalue weighted by molar-refractivity contribution is 6.05. The summed E-state index contributed by atoms with van der Waals surface area (Å²) in [5.74, 6) is -1.22. The van der Waals surface area contributed by atoms with Crippen molar-refractivity contribution in [1.82, 2.24) is 4.57 Å². The van der Waals surface area contributed by atoms with Crippen LogP contribution >= 0.6 is 0 Å². The Balaban J connectivity index is 1.44. The summed E-state index contributed by atoms with van der Waals surface area (Å²) in [5.41, 5.74) is 5.27. The largest absolute Gasteiger partial charge is 0.454 e. The fourth-order valence-electron chi connectivity index (χ4n) is 3.90. The quantitative estimate of drug-likeness (QED) is 0.481. The molecule has 6 nitrogen and oxygen atoms in total. The monoisotopic (exact) mass is 416 g/mol. The number of esters is 1. The lowest BCUT2D eigenvalue weighted by Gasteiger charge is -2.10. The number of fused-ring (bicyclic) bond motifs is 1. The molecule has 0 fully saturated rings. The zero-order chi connectivity index (χ0) is 22.1. The molecule has 6 heteroatoms. The third-order valence-electron chi connectivity index (χ3n) is 5.80. The summed E-state index contributed by atoms with van der Waals surface area (Å²) >= 11 is 0. The van der Waals surface area contributed by atoms with Crippen LogP contribution in [0.2, 0.25) is 0 Å². The van der Waals surface area contributed by atoms with Crippen LogP contribution in [0, 0.1) is 13.8 Å². The second kappa shape index (κ2) is 8.22. The van der Waals surface area contributed by atoms with E-state index in [0.29, 0.717) is 17.7 Å². The molecule has 1 aliphatic heterocycles. The van der Waals surface area contributed by atoms with Crippen molar-refractivity contribution in [3.63, 3.8) is 0 Å². The van der Waals surface area contributed by atoms with Crippen molar-refractivity contribution in [2.45, 2.75) is 33.2 Å². The van der Waals surface area contributed by atoms with Crippen LogP contribution in [0.15, 0.2) is 54.6 Å². The molecular formula is C25H24N2O4. The SMILES string of the molecule is Cc1cc(C(=O)OCC(=O)c2ccc3c(c2)[C@@H](C)C(=O)N3)c(C)n1Cc1ccccc1. The number of nitrogens with one attached hydrogen (secondary N) is 1. The van der Waals surface area contributed by atoms with Gasteiger partial charge in [0.05, 0.1) is 11.5 Å². The summed E-state index contributed by atoms with van der Waals surface area (Å²) in [7, 11) is 0. The van der Waals surface area contributed by atoms with E-state index in [1.165, 1.54) is 0 Å². The zero-order valence-corrected chi connectivity index (χ0v) is 17.8. The maximum absolute atomic E-state index is 12.7. The summed E-state index contributed by atoms with van der Waals surface area (Å²) in [6, 6.07) is 16.8. The number of ether oxygens (including phenoxy) is 1. The second-order valence-electron chi connectivity index (χ2n) is 7.87. The van der Waals surface area contributed by atoms with Crippen molar-refractivity contribution >= 4 is 23.3 Å². The second-order valence-corrected chi connectivity index (χ2v) is 7.87. The molecule has 4 rings (SSSR count). The Hall–Kier alpha value is -3.67. The highest BCUT2D eigenvalue weighted by atomic mass is 16.5. The first-order valence-corrected chi connectivity index (χ1v) is 10.2. The van der Waals surface area contributed by atoms with E-state index >= 15 is 0 Å². The molecule has 0 unspecified atom stereocenters. The summed E-state index contributed by atoms with van der Waals surface area (Å²) in [5, 5.41) is 2.78. The number of amides is 1. The number of hydrogen-bond acceptors (Lipinski definition) is 4. The molecule has 2 heterocycles. The van der Waals surface area contributed by atoms with Crippen molar-refractivity contribution in [2.75, 3.05) is 11.9 Å². The van der Waals surface area contributed by atoms with Gasteiger partial charge in [-0.05, 0) is 56.2 Å². The van der Waals surface area contributed by atoms with Gasteiger partial charge in [-0.3, -0.25) is 9.59 Å². The van der Waals surface area contributed by atoms with Gasteiger partial charge in [0.1, 0.15) is 0 Å². The molecule has 2 aromatic carbocycles. The van der Waals surface area contributed by atoms with E-state index in [9.17, 15) is 14.4 Å². The molecule has 1 atom stereocenters. The Labute approximate surface area is 180 Å². The van der Waals surface area contributed by atoms with Crippen molar-refractivity contribution in [3.8, 4) is 0 Å². The molecule has 31 heavy (non-hydrogen) atoms. The average molecular weight is 416 g/mol. The van der Waals surface area contributed by atoms with Gasteiger partial charge < -0.3 is 14.6 Å². The van der Waals surface area contributed by atoms with Crippen LogP contribution in [0.4, 0.5) is 5.69 Å². The fourth-order valence-corrected chi connectivity index (χ4v) is 3.90. The number of carbonyl (C=O) groups is 3. The standard InChI is InChI=1S/C25H24N2O4/c1-15-11-21(17(3)27(15)13-18-7-5-4-6-8-18)25(30)31-14-23(28)19-9-10-22-20(12-19)16(2)24(29)26-22/h4-12,16H,13-14H2,1-3H3,(H,26,29)/t16-/m1/s1. The van der Waals surface area contributed by atoms with E-state index in [1.807, 2.05) is 44.2 Å². The van der Waals surface area contributed by atoms with Crippen molar-refractivity contribution in [1.29, 1.82) is 0 Å². The smallest absolute Gasteiger partial charge is 0.340 e. The van der Waals surface area contributed by atoms with Gasteiger partial charge >= 0.3 is 5.97 Å². The number of benzene rings is 2. The van der Waals surface area contributed by atoms with E-state index in [4.69, 9.17) is 4.74 Å². The Morgan fingerprint density at radius 2 is 1.81 bits per heavy atom. The molecule has 1 aliphatic rings. The zero-order valence-electron chi connectivity index (χ0n) is 17.8. The predicted molar refractivity (Wildman–Crippen MR) is 118 cm³/mol. The van der Waals surface area contributed by atoms with Crippen LogP contribution in [0.5, 0.6) is 0 Å². The van der Waals surface area contributed by atoms with Crippen molar-refractivity contribution < 1.29 is 19.1 Å². The lowest BCUT2D eigenvalue weighted by Crippen LogP contribution is -2.15. The van der Waals surface area contributed by atoms with Crippen molar-refractivity contribution in [2.24, 2.45) is 0 Å². The first-order valence-electron chi connectivity index (χ1n) is 10.2. The van der Waals surface area contributed by atoms with E-state index in [1.54, 1.807) is 31.2 Å².